The first kappa shape index (κ1) is 8.76. The second-order valence-corrected chi connectivity index (χ2v) is 4.08. The Hall–Kier alpha value is -0.820. The maximum absolute atomic E-state index is 5.65. The molecule has 1 aliphatic rings. The van der Waals surface area contributed by atoms with E-state index in [1.54, 1.807) is 0 Å². The van der Waals surface area contributed by atoms with Gasteiger partial charge >= 0.3 is 0 Å². The molecular weight excluding hydrogens is 158 g/mol. The Labute approximate surface area is 80.0 Å². The van der Waals surface area contributed by atoms with E-state index in [0.29, 0.717) is 5.92 Å². The summed E-state index contributed by atoms with van der Waals surface area (Å²) in [5.74, 6) is 1.35. The van der Waals surface area contributed by atoms with Gasteiger partial charge in [0.05, 0.1) is 0 Å². The fourth-order valence-electron chi connectivity index (χ4n) is 1.67. The number of hydrogen-bond acceptors (Lipinski definition) is 1. The molecule has 70 valence electrons. The van der Waals surface area contributed by atoms with Crippen molar-refractivity contribution in [3.8, 4) is 0 Å². The van der Waals surface area contributed by atoms with Crippen molar-refractivity contribution < 1.29 is 0 Å². The Morgan fingerprint density at radius 3 is 2.85 bits per heavy atom. The number of rotatable bonds is 3. The monoisotopic (exact) mass is 175 g/mol. The maximum atomic E-state index is 5.65. The molecule has 0 bridgehead atoms. The summed E-state index contributed by atoms with van der Waals surface area (Å²) in [4.78, 5) is 0. The topological polar surface area (TPSA) is 26.0 Å². The van der Waals surface area contributed by atoms with Gasteiger partial charge in [-0.3, -0.25) is 0 Å². The van der Waals surface area contributed by atoms with Gasteiger partial charge < -0.3 is 5.73 Å². The second kappa shape index (κ2) is 3.51. The van der Waals surface area contributed by atoms with Gasteiger partial charge in [-0.15, -0.1) is 0 Å². The first-order valence-electron chi connectivity index (χ1n) is 5.11. The highest BCUT2D eigenvalue weighted by molar-refractivity contribution is 5.30. The van der Waals surface area contributed by atoms with Gasteiger partial charge in [-0.1, -0.05) is 31.2 Å². The highest BCUT2D eigenvalue weighted by Crippen LogP contribution is 2.40. The molecule has 1 atom stereocenters. The van der Waals surface area contributed by atoms with E-state index in [0.717, 1.165) is 12.5 Å². The Morgan fingerprint density at radius 1 is 1.46 bits per heavy atom. The summed E-state index contributed by atoms with van der Waals surface area (Å²) in [6.07, 6.45) is 2.75. The van der Waals surface area contributed by atoms with E-state index in [-0.39, 0.29) is 0 Å². The normalized spacial score (nSPS) is 18.6. The van der Waals surface area contributed by atoms with Gasteiger partial charge in [0, 0.05) is 0 Å². The largest absolute Gasteiger partial charge is 0.330 e. The van der Waals surface area contributed by atoms with Crippen LogP contribution < -0.4 is 5.73 Å². The molecule has 13 heavy (non-hydrogen) atoms. The molecule has 1 saturated carbocycles. The molecule has 1 fully saturated rings. The fraction of sp³-hybridized carbons (Fsp3) is 0.500. The van der Waals surface area contributed by atoms with Crippen molar-refractivity contribution in [3.05, 3.63) is 35.4 Å². The van der Waals surface area contributed by atoms with Crippen molar-refractivity contribution in [1.29, 1.82) is 0 Å². The average Bonchev–Trinajstić information content (AvgIpc) is 3.00. The van der Waals surface area contributed by atoms with Gasteiger partial charge in [0.15, 0.2) is 0 Å². The molecule has 0 radical (unpaired) electrons. The van der Waals surface area contributed by atoms with Gasteiger partial charge in [0.25, 0.3) is 0 Å². The van der Waals surface area contributed by atoms with Crippen molar-refractivity contribution >= 4 is 0 Å². The van der Waals surface area contributed by atoms with Crippen LogP contribution in [-0.4, -0.2) is 6.54 Å². The minimum atomic E-state index is 0.499. The van der Waals surface area contributed by atoms with Crippen LogP contribution in [0.5, 0.6) is 0 Å². The summed E-state index contributed by atoms with van der Waals surface area (Å²) in [7, 11) is 0. The molecule has 0 aromatic heterocycles. The molecule has 1 nitrogen and oxygen atoms in total. The third kappa shape index (κ3) is 1.92. The van der Waals surface area contributed by atoms with E-state index >= 15 is 0 Å². The maximum Gasteiger partial charge on any atom is -0.00109 e. The van der Waals surface area contributed by atoms with E-state index in [4.69, 9.17) is 5.73 Å². The molecule has 1 aromatic carbocycles. The predicted octanol–water partition coefficient (Wildman–Crippen LogP) is 2.63. The van der Waals surface area contributed by atoms with Crippen LogP contribution in [0.2, 0.25) is 0 Å². The third-order valence-electron chi connectivity index (χ3n) is 2.88. The van der Waals surface area contributed by atoms with Crippen LogP contribution in [0.4, 0.5) is 0 Å². The molecule has 2 N–H and O–H groups in total. The minimum Gasteiger partial charge on any atom is -0.330 e. The summed E-state index contributed by atoms with van der Waals surface area (Å²) < 4.78 is 0. The van der Waals surface area contributed by atoms with Crippen molar-refractivity contribution in [2.75, 3.05) is 6.54 Å². The van der Waals surface area contributed by atoms with Gasteiger partial charge in [0.2, 0.25) is 0 Å². The molecule has 0 aliphatic heterocycles. The lowest BCUT2D eigenvalue weighted by molar-refractivity contribution is 0.772. The molecule has 1 aliphatic carbocycles. The van der Waals surface area contributed by atoms with E-state index in [9.17, 15) is 0 Å². The number of benzene rings is 1. The van der Waals surface area contributed by atoms with E-state index in [2.05, 4.69) is 31.2 Å². The molecule has 0 saturated heterocycles. The first-order chi connectivity index (χ1) is 6.31. The molecular formula is C12H17N. The lowest BCUT2D eigenvalue weighted by Crippen LogP contribution is -2.08. The molecule has 0 spiro atoms. The third-order valence-corrected chi connectivity index (χ3v) is 2.88. The molecule has 2 rings (SSSR count). The van der Waals surface area contributed by atoms with Gasteiger partial charge in [-0.25, -0.2) is 0 Å². The molecule has 0 amide bonds. The van der Waals surface area contributed by atoms with E-state index < -0.39 is 0 Å². The quantitative estimate of drug-likeness (QED) is 0.751. The molecule has 0 heterocycles. The standard InChI is InChI=1S/C12H17N/c1-9(8-13)11-3-2-4-12(7-11)10-5-6-10/h2-4,7,9-10H,5-6,8,13H2,1H3. The highest BCUT2D eigenvalue weighted by Gasteiger charge is 2.23. The zero-order valence-corrected chi connectivity index (χ0v) is 8.16. The van der Waals surface area contributed by atoms with Gasteiger partial charge in [0.1, 0.15) is 0 Å². The number of nitrogens with two attached hydrogens (primary N) is 1. The van der Waals surface area contributed by atoms with Crippen molar-refractivity contribution in [3.63, 3.8) is 0 Å². The fourth-order valence-corrected chi connectivity index (χ4v) is 1.67. The zero-order chi connectivity index (χ0) is 9.26. The van der Waals surface area contributed by atoms with Crippen LogP contribution in [0.1, 0.15) is 42.7 Å². The molecule has 1 aromatic rings. The van der Waals surface area contributed by atoms with Crippen LogP contribution in [0.3, 0.4) is 0 Å². The summed E-state index contributed by atoms with van der Waals surface area (Å²) >= 11 is 0. The predicted molar refractivity (Wildman–Crippen MR) is 55.9 cm³/mol. The van der Waals surface area contributed by atoms with Gasteiger partial charge in [-0.05, 0) is 42.3 Å². The summed E-state index contributed by atoms with van der Waals surface area (Å²) in [5.41, 5.74) is 8.55. The smallest absolute Gasteiger partial charge is 0.00109 e. The first-order valence-corrected chi connectivity index (χ1v) is 5.11. The minimum absolute atomic E-state index is 0.499. The molecule has 1 unspecified atom stereocenters. The SMILES string of the molecule is CC(CN)c1cccc(C2CC2)c1. The number of hydrogen-bond donors (Lipinski definition) is 1. The van der Waals surface area contributed by atoms with Crippen LogP contribution >= 0.6 is 0 Å². The van der Waals surface area contributed by atoms with Crippen molar-refractivity contribution in [2.45, 2.75) is 31.6 Å². The van der Waals surface area contributed by atoms with Crippen molar-refractivity contribution in [2.24, 2.45) is 5.73 Å². The summed E-state index contributed by atoms with van der Waals surface area (Å²) in [6, 6.07) is 8.91. The Morgan fingerprint density at radius 2 is 2.23 bits per heavy atom. The summed E-state index contributed by atoms with van der Waals surface area (Å²) in [6.45, 7) is 2.93. The van der Waals surface area contributed by atoms with Crippen LogP contribution in [0, 0.1) is 0 Å². The van der Waals surface area contributed by atoms with Crippen molar-refractivity contribution in [1.82, 2.24) is 0 Å². The van der Waals surface area contributed by atoms with Crippen LogP contribution in [-0.2, 0) is 0 Å². The average molecular weight is 175 g/mol. The van der Waals surface area contributed by atoms with Crippen LogP contribution in [0.25, 0.3) is 0 Å². The van der Waals surface area contributed by atoms with E-state index in [1.165, 1.54) is 24.0 Å². The van der Waals surface area contributed by atoms with E-state index in [1.807, 2.05) is 0 Å². The lowest BCUT2D eigenvalue weighted by atomic mass is 9.98. The Balaban J connectivity index is 2.21. The van der Waals surface area contributed by atoms with Gasteiger partial charge in [-0.2, -0.15) is 0 Å². The zero-order valence-electron chi connectivity index (χ0n) is 8.16. The molecule has 1 heteroatoms. The highest BCUT2D eigenvalue weighted by atomic mass is 14.5. The Kier molecular flexibility index (Phi) is 2.36. The second-order valence-electron chi connectivity index (χ2n) is 4.08. The lowest BCUT2D eigenvalue weighted by Gasteiger charge is -2.10. The Bertz CT molecular complexity index is 289. The summed E-state index contributed by atoms with van der Waals surface area (Å²) in [5, 5.41) is 0. The van der Waals surface area contributed by atoms with Crippen LogP contribution in [0.15, 0.2) is 24.3 Å².